The number of carbonyl (C=O) groups is 1. The standard InChI is InChI=1S/C19H27NO3/c1-18(2,3)23-17(22)20-15-9-10-19(20,13-16(21)11-15)12-14-7-5-4-6-8-14/h4-8,15-16,21H,9-13H2,1-3H3. The lowest BCUT2D eigenvalue weighted by Gasteiger charge is -2.46. The van der Waals surface area contributed by atoms with Gasteiger partial charge < -0.3 is 9.84 Å². The smallest absolute Gasteiger partial charge is 0.411 e. The van der Waals surface area contributed by atoms with E-state index >= 15 is 0 Å². The number of ether oxygens (including phenoxy) is 1. The fourth-order valence-electron chi connectivity index (χ4n) is 4.21. The Morgan fingerprint density at radius 3 is 2.70 bits per heavy atom. The van der Waals surface area contributed by atoms with Gasteiger partial charge in [0.15, 0.2) is 0 Å². The first-order valence-electron chi connectivity index (χ1n) is 8.53. The summed E-state index contributed by atoms with van der Waals surface area (Å²) in [5.41, 5.74) is 0.391. The molecule has 4 nitrogen and oxygen atoms in total. The third kappa shape index (κ3) is 3.37. The molecule has 1 N–H and O–H groups in total. The van der Waals surface area contributed by atoms with E-state index in [4.69, 9.17) is 4.74 Å². The van der Waals surface area contributed by atoms with Crippen LogP contribution in [0.25, 0.3) is 0 Å². The highest BCUT2D eigenvalue weighted by Gasteiger charge is 2.54. The van der Waals surface area contributed by atoms with Crippen molar-refractivity contribution in [1.82, 2.24) is 4.90 Å². The highest BCUT2D eigenvalue weighted by Crippen LogP contribution is 2.46. The van der Waals surface area contributed by atoms with Crippen LogP contribution in [0.15, 0.2) is 30.3 Å². The van der Waals surface area contributed by atoms with Crippen LogP contribution in [0.1, 0.15) is 52.0 Å². The van der Waals surface area contributed by atoms with E-state index in [0.29, 0.717) is 12.8 Å². The fourth-order valence-corrected chi connectivity index (χ4v) is 4.21. The van der Waals surface area contributed by atoms with Crippen LogP contribution in [0, 0.1) is 0 Å². The highest BCUT2D eigenvalue weighted by atomic mass is 16.6. The van der Waals surface area contributed by atoms with Crippen LogP contribution < -0.4 is 0 Å². The third-order valence-corrected chi connectivity index (χ3v) is 4.95. The minimum atomic E-state index is -0.499. The number of piperidine rings is 1. The van der Waals surface area contributed by atoms with Crippen molar-refractivity contribution in [1.29, 1.82) is 0 Å². The van der Waals surface area contributed by atoms with Gasteiger partial charge in [-0.25, -0.2) is 4.79 Å². The normalized spacial score (nSPS) is 30.3. The molecule has 0 spiro atoms. The van der Waals surface area contributed by atoms with Crippen molar-refractivity contribution in [2.45, 2.75) is 76.2 Å². The van der Waals surface area contributed by atoms with E-state index in [1.165, 1.54) is 5.56 Å². The van der Waals surface area contributed by atoms with Gasteiger partial charge in [-0.15, -0.1) is 0 Å². The zero-order valence-electron chi connectivity index (χ0n) is 14.3. The molecule has 2 aliphatic rings. The Balaban J connectivity index is 1.88. The third-order valence-electron chi connectivity index (χ3n) is 4.95. The topological polar surface area (TPSA) is 49.8 Å². The number of hydrogen-bond acceptors (Lipinski definition) is 3. The van der Waals surface area contributed by atoms with Gasteiger partial charge in [0.05, 0.1) is 11.6 Å². The molecule has 3 unspecified atom stereocenters. The zero-order chi connectivity index (χ0) is 16.7. The molecule has 23 heavy (non-hydrogen) atoms. The summed E-state index contributed by atoms with van der Waals surface area (Å²) >= 11 is 0. The lowest BCUT2D eigenvalue weighted by molar-refractivity contribution is -0.0415. The van der Waals surface area contributed by atoms with Gasteiger partial charge in [-0.2, -0.15) is 0 Å². The van der Waals surface area contributed by atoms with Crippen LogP contribution in [-0.2, 0) is 11.2 Å². The number of aliphatic hydroxyl groups excluding tert-OH is 1. The fraction of sp³-hybridized carbons (Fsp3) is 0.632. The predicted molar refractivity (Wildman–Crippen MR) is 89.2 cm³/mol. The summed E-state index contributed by atoms with van der Waals surface area (Å²) < 4.78 is 5.66. The van der Waals surface area contributed by atoms with E-state index in [1.807, 2.05) is 43.9 Å². The molecule has 2 fully saturated rings. The van der Waals surface area contributed by atoms with Gasteiger partial charge in [-0.05, 0) is 58.4 Å². The Bertz CT molecular complexity index is 566. The average molecular weight is 317 g/mol. The van der Waals surface area contributed by atoms with Crippen molar-refractivity contribution in [3.63, 3.8) is 0 Å². The Morgan fingerprint density at radius 1 is 1.35 bits per heavy atom. The first-order valence-corrected chi connectivity index (χ1v) is 8.53. The molecule has 2 heterocycles. The van der Waals surface area contributed by atoms with Crippen LogP contribution in [-0.4, -0.2) is 39.4 Å². The summed E-state index contributed by atoms with van der Waals surface area (Å²) in [4.78, 5) is 14.7. The maximum Gasteiger partial charge on any atom is 0.411 e. The van der Waals surface area contributed by atoms with Crippen LogP contribution in [0.3, 0.4) is 0 Å². The molecule has 1 amide bonds. The van der Waals surface area contributed by atoms with E-state index in [0.717, 1.165) is 19.3 Å². The van der Waals surface area contributed by atoms with E-state index in [2.05, 4.69) is 12.1 Å². The molecule has 3 rings (SSSR count). The first-order chi connectivity index (χ1) is 10.8. The van der Waals surface area contributed by atoms with Gasteiger partial charge in [-0.1, -0.05) is 30.3 Å². The minimum Gasteiger partial charge on any atom is -0.444 e. The summed E-state index contributed by atoms with van der Waals surface area (Å²) in [5.74, 6) is 0. The minimum absolute atomic E-state index is 0.0947. The molecule has 0 saturated carbocycles. The first kappa shape index (κ1) is 16.3. The van der Waals surface area contributed by atoms with Crippen molar-refractivity contribution in [2.24, 2.45) is 0 Å². The summed E-state index contributed by atoms with van der Waals surface area (Å²) in [7, 11) is 0. The SMILES string of the molecule is CC(C)(C)OC(=O)N1C2CCC1(Cc1ccccc1)CC(O)C2. The second-order valence-corrected chi connectivity index (χ2v) is 8.02. The maximum atomic E-state index is 12.8. The van der Waals surface area contributed by atoms with E-state index in [9.17, 15) is 9.90 Å². The van der Waals surface area contributed by atoms with Gasteiger partial charge >= 0.3 is 6.09 Å². The Labute approximate surface area is 138 Å². The quantitative estimate of drug-likeness (QED) is 0.908. The van der Waals surface area contributed by atoms with Crippen LogP contribution in [0.5, 0.6) is 0 Å². The molecule has 3 atom stereocenters. The maximum absolute atomic E-state index is 12.8. The van der Waals surface area contributed by atoms with Gasteiger partial charge in [-0.3, -0.25) is 4.90 Å². The monoisotopic (exact) mass is 317 g/mol. The number of carbonyl (C=O) groups excluding carboxylic acids is 1. The summed E-state index contributed by atoms with van der Waals surface area (Å²) in [6, 6.07) is 10.3. The molecule has 0 aromatic heterocycles. The molecule has 1 aromatic rings. The van der Waals surface area contributed by atoms with Crippen LogP contribution in [0.2, 0.25) is 0 Å². The number of aliphatic hydroxyl groups is 1. The lowest BCUT2D eigenvalue weighted by atomic mass is 9.81. The van der Waals surface area contributed by atoms with Gasteiger partial charge in [0.1, 0.15) is 5.60 Å². The van der Waals surface area contributed by atoms with E-state index in [1.54, 1.807) is 0 Å². The average Bonchev–Trinajstić information content (AvgIpc) is 2.67. The van der Waals surface area contributed by atoms with Crippen molar-refractivity contribution >= 4 is 6.09 Å². The molecule has 2 aliphatic heterocycles. The van der Waals surface area contributed by atoms with Crippen molar-refractivity contribution in [2.75, 3.05) is 0 Å². The highest BCUT2D eigenvalue weighted by molar-refractivity contribution is 5.70. The van der Waals surface area contributed by atoms with Gasteiger partial charge in [0.25, 0.3) is 0 Å². The molecule has 126 valence electrons. The van der Waals surface area contributed by atoms with Gasteiger partial charge in [0.2, 0.25) is 0 Å². The van der Waals surface area contributed by atoms with E-state index in [-0.39, 0.29) is 23.8 Å². The Kier molecular flexibility index (Phi) is 4.13. The largest absolute Gasteiger partial charge is 0.444 e. The number of benzene rings is 1. The molecule has 4 heteroatoms. The zero-order valence-corrected chi connectivity index (χ0v) is 14.3. The molecule has 0 aliphatic carbocycles. The van der Waals surface area contributed by atoms with Crippen molar-refractivity contribution < 1.29 is 14.6 Å². The second-order valence-electron chi connectivity index (χ2n) is 8.02. The summed E-state index contributed by atoms with van der Waals surface area (Å²) in [6.45, 7) is 5.69. The van der Waals surface area contributed by atoms with Gasteiger partial charge in [0, 0.05) is 6.04 Å². The lowest BCUT2D eigenvalue weighted by Crippen LogP contribution is -2.58. The van der Waals surface area contributed by atoms with Crippen molar-refractivity contribution in [3.8, 4) is 0 Å². The van der Waals surface area contributed by atoms with Crippen molar-refractivity contribution in [3.05, 3.63) is 35.9 Å². The molecule has 1 aromatic carbocycles. The Hall–Kier alpha value is -1.55. The Morgan fingerprint density at radius 2 is 2.04 bits per heavy atom. The number of hydrogen-bond donors (Lipinski definition) is 1. The van der Waals surface area contributed by atoms with E-state index < -0.39 is 5.60 Å². The van der Waals surface area contributed by atoms with Crippen LogP contribution >= 0.6 is 0 Å². The predicted octanol–water partition coefficient (Wildman–Crippen LogP) is 3.52. The molecule has 2 saturated heterocycles. The molecular formula is C19H27NO3. The molecule has 2 bridgehead atoms. The molecular weight excluding hydrogens is 290 g/mol. The number of rotatable bonds is 2. The number of nitrogens with zero attached hydrogens (tertiary/aromatic N) is 1. The molecule has 0 radical (unpaired) electrons. The number of fused-ring (bicyclic) bond motifs is 2. The second kappa shape index (κ2) is 5.82. The number of amides is 1. The van der Waals surface area contributed by atoms with Crippen LogP contribution in [0.4, 0.5) is 4.79 Å². The summed E-state index contributed by atoms with van der Waals surface area (Å²) in [5, 5.41) is 10.3. The summed E-state index contributed by atoms with van der Waals surface area (Å²) in [6.07, 6.45) is 3.40.